The van der Waals surface area contributed by atoms with Gasteiger partial charge in [0.05, 0.1) is 11.7 Å². The Hall–Kier alpha value is -5.59. The fourth-order valence-electron chi connectivity index (χ4n) is 9.33. The number of aliphatic imine (C=N–C) groups is 1. The molecule has 52 heavy (non-hydrogen) atoms. The van der Waals surface area contributed by atoms with Gasteiger partial charge in [0.25, 0.3) is 0 Å². The van der Waals surface area contributed by atoms with E-state index in [9.17, 15) is 0 Å². The minimum absolute atomic E-state index is 0.0650. The fraction of sp³-hybridized carbons (Fsp3) is 0.239. The van der Waals surface area contributed by atoms with Crippen molar-refractivity contribution < 1.29 is 8.83 Å². The number of rotatable bonds is 4. The van der Waals surface area contributed by atoms with Crippen LogP contribution in [0.25, 0.3) is 39.0 Å². The number of nitrogens with one attached hydrogen (secondary N) is 1. The van der Waals surface area contributed by atoms with Crippen LogP contribution in [-0.2, 0) is 6.42 Å². The van der Waals surface area contributed by atoms with Crippen LogP contribution < -0.4 is 10.2 Å². The topological polar surface area (TPSA) is 57.2 Å². The van der Waals surface area contributed by atoms with E-state index in [2.05, 4.69) is 144 Å². The Kier molecular flexibility index (Phi) is 6.78. The van der Waals surface area contributed by atoms with Crippen LogP contribution in [0.2, 0.25) is 0 Å². The van der Waals surface area contributed by atoms with Crippen molar-refractivity contribution in [3.8, 4) is 0 Å². The molecule has 0 amide bonds. The molecular weight excluding hydrogens is 641 g/mol. The van der Waals surface area contributed by atoms with Crippen LogP contribution in [0.15, 0.2) is 140 Å². The second kappa shape index (κ2) is 11.7. The van der Waals surface area contributed by atoms with Crippen LogP contribution in [0.4, 0.5) is 11.4 Å². The van der Waals surface area contributed by atoms with E-state index < -0.39 is 0 Å². The van der Waals surface area contributed by atoms with Crippen LogP contribution in [0.3, 0.4) is 0 Å². The van der Waals surface area contributed by atoms with Gasteiger partial charge in [0.15, 0.2) is 5.58 Å². The molecule has 2 aromatic heterocycles. The molecule has 0 saturated carbocycles. The minimum Gasteiger partial charge on any atom is -0.460 e. The van der Waals surface area contributed by atoms with Crippen LogP contribution in [-0.4, -0.2) is 30.0 Å². The summed E-state index contributed by atoms with van der Waals surface area (Å²) in [6, 6.07) is 18.0. The molecule has 6 nitrogen and oxygen atoms in total. The third kappa shape index (κ3) is 4.56. The molecule has 11 rings (SSSR count). The van der Waals surface area contributed by atoms with Crippen LogP contribution >= 0.6 is 0 Å². The van der Waals surface area contributed by atoms with E-state index in [0.717, 1.165) is 88.9 Å². The summed E-state index contributed by atoms with van der Waals surface area (Å²) in [5, 5.41) is 7.35. The normalized spacial score (nSPS) is 24.8. The molecule has 6 aliphatic rings. The lowest BCUT2D eigenvalue weighted by Gasteiger charge is -2.41. The van der Waals surface area contributed by atoms with Crippen molar-refractivity contribution in [3.05, 3.63) is 149 Å². The number of benzene rings is 3. The monoisotopic (exact) mass is 680 g/mol. The van der Waals surface area contributed by atoms with Crippen molar-refractivity contribution in [1.82, 2.24) is 10.2 Å². The van der Waals surface area contributed by atoms with Gasteiger partial charge in [-0.3, -0.25) is 5.32 Å². The highest BCUT2D eigenvalue weighted by Crippen LogP contribution is 2.52. The molecule has 0 spiro atoms. The van der Waals surface area contributed by atoms with E-state index in [1.807, 2.05) is 0 Å². The first kappa shape index (κ1) is 30.1. The number of furan rings is 2. The summed E-state index contributed by atoms with van der Waals surface area (Å²) in [5.74, 6) is 2.41. The number of hydrogen-bond donors (Lipinski definition) is 1. The molecule has 256 valence electrons. The fourth-order valence-corrected chi connectivity index (χ4v) is 9.33. The van der Waals surface area contributed by atoms with E-state index >= 15 is 0 Å². The number of amidine groups is 1. The summed E-state index contributed by atoms with van der Waals surface area (Å²) < 4.78 is 13.4. The Balaban J connectivity index is 1.03. The van der Waals surface area contributed by atoms with Gasteiger partial charge < -0.3 is 18.6 Å². The Labute approximate surface area is 303 Å². The first-order valence-corrected chi connectivity index (χ1v) is 18.8. The summed E-state index contributed by atoms with van der Waals surface area (Å²) in [6.07, 6.45) is 32.9. The summed E-state index contributed by atoms with van der Waals surface area (Å²) >= 11 is 0. The van der Waals surface area contributed by atoms with E-state index in [4.69, 9.17) is 13.8 Å². The Morgan fingerprint density at radius 2 is 1.63 bits per heavy atom. The zero-order valence-electron chi connectivity index (χ0n) is 29.3. The molecule has 6 heteroatoms. The predicted octanol–water partition coefficient (Wildman–Crippen LogP) is 10.8. The molecular formula is C46H40N4O2. The van der Waals surface area contributed by atoms with Crippen LogP contribution in [0.5, 0.6) is 0 Å². The number of nitrogens with zero attached hydrogens (tertiary/aromatic N) is 3. The quantitative estimate of drug-likeness (QED) is 0.205. The van der Waals surface area contributed by atoms with Gasteiger partial charge in [-0.2, -0.15) is 0 Å². The summed E-state index contributed by atoms with van der Waals surface area (Å²) in [4.78, 5) is 10.2. The van der Waals surface area contributed by atoms with E-state index in [-0.39, 0.29) is 24.3 Å². The standard InChI is InChI=1S/C46H40N4O2/c1-49-45(28-13-4-2-5-14-28)47-44(48-46(49)29-15-6-3-7-16-29)30-23-24-33-34-19-12-21-38(43(34)52-41(33)25-30)50-37-20-10-8-17-31(37)35-26-36-32-18-9-11-22-40(32)51-42(36)27-39(35)50/h2-4,6,8-10,12-13,15,17-21,23-27,31,37,44-45,47H,5,7,11,14,16,22H2,1H3. The average molecular weight is 681 g/mol. The minimum atomic E-state index is -0.200. The number of likely N-dealkylation sites (N-methyl/N-ethyl adjacent to an activating group) is 1. The number of para-hydroxylation sites is 1. The summed E-state index contributed by atoms with van der Waals surface area (Å²) in [6.45, 7) is 0. The maximum atomic E-state index is 6.94. The van der Waals surface area contributed by atoms with Crippen LogP contribution in [0, 0.1) is 0 Å². The van der Waals surface area contributed by atoms with Gasteiger partial charge >= 0.3 is 0 Å². The molecule has 0 radical (unpaired) electrons. The Morgan fingerprint density at radius 3 is 2.52 bits per heavy atom. The van der Waals surface area contributed by atoms with Crippen molar-refractivity contribution in [2.24, 2.45) is 4.99 Å². The lowest BCUT2D eigenvalue weighted by molar-refractivity contribution is 0.281. The molecule has 0 fully saturated rings. The number of hydrogen-bond acceptors (Lipinski definition) is 6. The predicted molar refractivity (Wildman–Crippen MR) is 212 cm³/mol. The van der Waals surface area contributed by atoms with Crippen molar-refractivity contribution >= 4 is 56.2 Å². The Morgan fingerprint density at radius 1 is 0.769 bits per heavy atom. The van der Waals surface area contributed by atoms with E-state index in [1.165, 1.54) is 33.3 Å². The zero-order chi connectivity index (χ0) is 34.3. The molecule has 4 heterocycles. The average Bonchev–Trinajstić information content (AvgIpc) is 3.86. The highest BCUT2D eigenvalue weighted by molar-refractivity contribution is 6.10. The maximum absolute atomic E-state index is 6.94. The number of allylic oxidation sites excluding steroid dienone is 9. The van der Waals surface area contributed by atoms with Gasteiger partial charge in [0, 0.05) is 52.9 Å². The largest absolute Gasteiger partial charge is 0.460 e. The maximum Gasteiger partial charge on any atom is 0.159 e. The van der Waals surface area contributed by atoms with Gasteiger partial charge in [0.2, 0.25) is 0 Å². The number of fused-ring (bicyclic) bond motifs is 9. The van der Waals surface area contributed by atoms with E-state index in [0.29, 0.717) is 0 Å². The van der Waals surface area contributed by atoms with Crippen molar-refractivity contribution in [2.45, 2.75) is 62.8 Å². The van der Waals surface area contributed by atoms with Gasteiger partial charge in [-0.15, -0.1) is 0 Å². The van der Waals surface area contributed by atoms with Gasteiger partial charge in [-0.05, 0) is 72.6 Å². The molecule has 5 aromatic rings. The molecule has 4 atom stereocenters. The lowest BCUT2D eigenvalue weighted by atomic mass is 9.90. The van der Waals surface area contributed by atoms with Crippen LogP contribution in [0.1, 0.15) is 66.6 Å². The SMILES string of the molecule is CN1C(C2=CC=CCC2)=NC(c2ccc3c(c2)oc2c(N4c5cc6oc7c(c6cc5C5C=CC=CC54)C=CCC7)cccc23)NC1C1=CC=CCC1. The molecule has 0 bridgehead atoms. The Bertz CT molecular complexity index is 2570. The van der Waals surface area contributed by atoms with Crippen molar-refractivity contribution in [2.75, 3.05) is 11.9 Å². The number of anilines is 2. The third-order valence-electron chi connectivity index (χ3n) is 11.9. The second-order valence-electron chi connectivity index (χ2n) is 14.9. The lowest BCUT2D eigenvalue weighted by Crippen LogP contribution is -2.53. The molecule has 4 aliphatic carbocycles. The smallest absolute Gasteiger partial charge is 0.159 e. The van der Waals surface area contributed by atoms with Gasteiger partial charge in [-0.25, -0.2) is 4.99 Å². The van der Waals surface area contributed by atoms with E-state index in [1.54, 1.807) is 0 Å². The van der Waals surface area contributed by atoms with Gasteiger partial charge in [0.1, 0.15) is 35.1 Å². The molecule has 0 saturated heterocycles. The summed E-state index contributed by atoms with van der Waals surface area (Å²) in [7, 11) is 2.18. The van der Waals surface area contributed by atoms with Crippen molar-refractivity contribution in [3.63, 3.8) is 0 Å². The molecule has 3 aromatic carbocycles. The zero-order valence-corrected chi connectivity index (χ0v) is 29.3. The molecule has 2 aliphatic heterocycles. The summed E-state index contributed by atoms with van der Waals surface area (Å²) in [5.41, 5.74) is 11.4. The molecule has 1 N–H and O–H groups in total. The second-order valence-corrected chi connectivity index (χ2v) is 14.9. The highest BCUT2D eigenvalue weighted by atomic mass is 16.3. The third-order valence-corrected chi connectivity index (χ3v) is 11.9. The highest BCUT2D eigenvalue weighted by Gasteiger charge is 2.40. The van der Waals surface area contributed by atoms with Crippen molar-refractivity contribution in [1.29, 1.82) is 0 Å². The number of aryl methyl sites for hydroxylation is 1. The van der Waals surface area contributed by atoms with Gasteiger partial charge in [-0.1, -0.05) is 97.2 Å². The first-order chi connectivity index (χ1) is 25.7. The first-order valence-electron chi connectivity index (χ1n) is 18.8. The molecule has 4 unspecified atom stereocenters.